The zero-order chi connectivity index (χ0) is 11.5. The highest BCUT2D eigenvalue weighted by molar-refractivity contribution is 5.85. The number of hydrogen-bond acceptors (Lipinski definition) is 2. The molecule has 102 valence electrons. The van der Waals surface area contributed by atoms with E-state index in [1.165, 1.54) is 45.3 Å². The fraction of sp³-hybridized carbons (Fsp3) is 1.00. The van der Waals surface area contributed by atoms with Gasteiger partial charge in [0.25, 0.3) is 0 Å². The van der Waals surface area contributed by atoms with E-state index in [2.05, 4.69) is 31.0 Å². The maximum absolute atomic E-state index is 3.61. The molecule has 1 saturated heterocycles. The molecule has 0 spiro atoms. The van der Waals surface area contributed by atoms with Crippen molar-refractivity contribution in [3.05, 3.63) is 0 Å². The summed E-state index contributed by atoms with van der Waals surface area (Å²) in [5, 5.41) is 3.61. The van der Waals surface area contributed by atoms with Crippen LogP contribution in [0.15, 0.2) is 0 Å². The molecule has 2 unspecified atom stereocenters. The summed E-state index contributed by atoms with van der Waals surface area (Å²) in [6.45, 7) is 10.9. The molecule has 2 nitrogen and oxygen atoms in total. The molecule has 3 heteroatoms. The molecular formula is C14H29ClN2. The second-order valence-electron chi connectivity index (χ2n) is 6.31. The van der Waals surface area contributed by atoms with Gasteiger partial charge in [-0.1, -0.05) is 19.8 Å². The summed E-state index contributed by atoms with van der Waals surface area (Å²) < 4.78 is 0. The standard InChI is InChI=1S/C14H28N2.ClH/c1-11-4-6-14(7-5-11)10-16-8-12(2)15-13(3)9-16;/h11-15H,4-10H2,1-3H3;1H. The van der Waals surface area contributed by atoms with Crippen LogP contribution < -0.4 is 5.32 Å². The lowest BCUT2D eigenvalue weighted by molar-refractivity contribution is 0.130. The van der Waals surface area contributed by atoms with Gasteiger partial charge in [0, 0.05) is 31.7 Å². The first-order valence-electron chi connectivity index (χ1n) is 7.12. The van der Waals surface area contributed by atoms with Crippen molar-refractivity contribution < 1.29 is 0 Å². The molecule has 0 amide bonds. The summed E-state index contributed by atoms with van der Waals surface area (Å²) in [7, 11) is 0. The molecule has 1 aliphatic carbocycles. The summed E-state index contributed by atoms with van der Waals surface area (Å²) in [6.07, 6.45) is 5.85. The van der Waals surface area contributed by atoms with Crippen LogP contribution in [-0.2, 0) is 0 Å². The molecule has 1 saturated carbocycles. The van der Waals surface area contributed by atoms with Gasteiger partial charge in [-0.05, 0) is 38.5 Å². The van der Waals surface area contributed by atoms with Crippen LogP contribution >= 0.6 is 12.4 Å². The smallest absolute Gasteiger partial charge is 0.0169 e. The van der Waals surface area contributed by atoms with E-state index in [4.69, 9.17) is 0 Å². The molecule has 0 bridgehead atoms. The highest BCUT2D eigenvalue weighted by atomic mass is 35.5. The van der Waals surface area contributed by atoms with Crippen molar-refractivity contribution in [3.63, 3.8) is 0 Å². The highest BCUT2D eigenvalue weighted by Gasteiger charge is 2.25. The Morgan fingerprint density at radius 1 is 0.941 bits per heavy atom. The van der Waals surface area contributed by atoms with Gasteiger partial charge in [-0.3, -0.25) is 4.90 Å². The van der Waals surface area contributed by atoms with E-state index < -0.39 is 0 Å². The lowest BCUT2D eigenvalue weighted by Crippen LogP contribution is -2.55. The second kappa shape index (κ2) is 6.96. The van der Waals surface area contributed by atoms with Crippen LogP contribution in [0.5, 0.6) is 0 Å². The fourth-order valence-electron chi connectivity index (χ4n) is 3.47. The third-order valence-electron chi connectivity index (χ3n) is 4.28. The summed E-state index contributed by atoms with van der Waals surface area (Å²) in [6, 6.07) is 1.34. The first-order chi connectivity index (χ1) is 7.63. The third kappa shape index (κ3) is 4.76. The van der Waals surface area contributed by atoms with Gasteiger partial charge in [-0.2, -0.15) is 0 Å². The van der Waals surface area contributed by atoms with Crippen LogP contribution in [0, 0.1) is 11.8 Å². The van der Waals surface area contributed by atoms with E-state index in [-0.39, 0.29) is 12.4 Å². The summed E-state index contributed by atoms with van der Waals surface area (Å²) in [5.41, 5.74) is 0. The largest absolute Gasteiger partial charge is 0.309 e. The topological polar surface area (TPSA) is 15.3 Å². The number of piperazine rings is 1. The number of nitrogens with one attached hydrogen (secondary N) is 1. The average molecular weight is 261 g/mol. The van der Waals surface area contributed by atoms with Crippen molar-refractivity contribution in [3.8, 4) is 0 Å². The number of hydrogen-bond donors (Lipinski definition) is 1. The van der Waals surface area contributed by atoms with Crippen LogP contribution in [0.3, 0.4) is 0 Å². The number of nitrogens with zero attached hydrogens (tertiary/aromatic N) is 1. The molecule has 0 radical (unpaired) electrons. The quantitative estimate of drug-likeness (QED) is 0.821. The SMILES string of the molecule is CC1CCC(CN2CC(C)NC(C)C2)CC1.Cl. The van der Waals surface area contributed by atoms with Crippen molar-refractivity contribution in [1.29, 1.82) is 0 Å². The molecule has 0 aromatic rings. The number of halogens is 1. The van der Waals surface area contributed by atoms with Gasteiger partial charge in [0.1, 0.15) is 0 Å². The molecule has 2 rings (SSSR count). The Labute approximate surface area is 113 Å². The minimum Gasteiger partial charge on any atom is -0.309 e. The first-order valence-corrected chi connectivity index (χ1v) is 7.12. The Kier molecular flexibility index (Phi) is 6.25. The van der Waals surface area contributed by atoms with Crippen LogP contribution in [0.1, 0.15) is 46.5 Å². The predicted molar refractivity (Wildman–Crippen MR) is 76.9 cm³/mol. The molecule has 1 heterocycles. The van der Waals surface area contributed by atoms with Gasteiger partial charge in [0.15, 0.2) is 0 Å². The Hall–Kier alpha value is 0.210. The fourth-order valence-corrected chi connectivity index (χ4v) is 3.47. The second-order valence-corrected chi connectivity index (χ2v) is 6.31. The van der Waals surface area contributed by atoms with Gasteiger partial charge in [0.05, 0.1) is 0 Å². The highest BCUT2D eigenvalue weighted by Crippen LogP contribution is 2.29. The zero-order valence-corrected chi connectivity index (χ0v) is 12.4. The van der Waals surface area contributed by atoms with Gasteiger partial charge >= 0.3 is 0 Å². The molecule has 1 aliphatic heterocycles. The maximum atomic E-state index is 3.61. The van der Waals surface area contributed by atoms with Crippen LogP contribution in [0.4, 0.5) is 0 Å². The lowest BCUT2D eigenvalue weighted by Gasteiger charge is -2.39. The molecular weight excluding hydrogens is 232 g/mol. The maximum Gasteiger partial charge on any atom is 0.0169 e. The number of rotatable bonds is 2. The summed E-state index contributed by atoms with van der Waals surface area (Å²) in [5.74, 6) is 1.96. The monoisotopic (exact) mass is 260 g/mol. The van der Waals surface area contributed by atoms with Crippen molar-refractivity contribution in [2.24, 2.45) is 11.8 Å². The third-order valence-corrected chi connectivity index (χ3v) is 4.28. The lowest BCUT2D eigenvalue weighted by atomic mass is 9.82. The van der Waals surface area contributed by atoms with E-state index in [1.807, 2.05) is 0 Å². The van der Waals surface area contributed by atoms with E-state index in [9.17, 15) is 0 Å². The summed E-state index contributed by atoms with van der Waals surface area (Å²) >= 11 is 0. The van der Waals surface area contributed by atoms with E-state index in [0.29, 0.717) is 12.1 Å². The predicted octanol–water partition coefficient (Wildman–Crippen LogP) is 2.92. The van der Waals surface area contributed by atoms with Gasteiger partial charge in [-0.25, -0.2) is 0 Å². The minimum atomic E-state index is 0. The normalized spacial score (nSPS) is 39.7. The molecule has 0 aromatic carbocycles. The van der Waals surface area contributed by atoms with E-state index >= 15 is 0 Å². The van der Waals surface area contributed by atoms with Crippen molar-refractivity contribution in [2.45, 2.75) is 58.5 Å². The van der Waals surface area contributed by atoms with Crippen LogP contribution in [0.2, 0.25) is 0 Å². The van der Waals surface area contributed by atoms with E-state index in [0.717, 1.165) is 11.8 Å². The molecule has 2 fully saturated rings. The van der Waals surface area contributed by atoms with Crippen molar-refractivity contribution >= 4 is 12.4 Å². The average Bonchev–Trinajstić information content (AvgIpc) is 2.20. The Morgan fingerprint density at radius 3 is 2.00 bits per heavy atom. The Bertz CT molecular complexity index is 204. The molecule has 2 atom stereocenters. The summed E-state index contributed by atoms with van der Waals surface area (Å²) in [4.78, 5) is 2.69. The Balaban J connectivity index is 0.00000144. The van der Waals surface area contributed by atoms with Gasteiger partial charge in [0.2, 0.25) is 0 Å². The van der Waals surface area contributed by atoms with Crippen LogP contribution in [0.25, 0.3) is 0 Å². The van der Waals surface area contributed by atoms with Crippen LogP contribution in [-0.4, -0.2) is 36.6 Å². The van der Waals surface area contributed by atoms with Crippen molar-refractivity contribution in [2.75, 3.05) is 19.6 Å². The minimum absolute atomic E-state index is 0. The van der Waals surface area contributed by atoms with Gasteiger partial charge < -0.3 is 5.32 Å². The van der Waals surface area contributed by atoms with E-state index in [1.54, 1.807) is 0 Å². The molecule has 0 aromatic heterocycles. The first kappa shape index (κ1) is 15.3. The van der Waals surface area contributed by atoms with Crippen molar-refractivity contribution in [1.82, 2.24) is 10.2 Å². The van der Waals surface area contributed by atoms with Gasteiger partial charge in [-0.15, -0.1) is 12.4 Å². The molecule has 2 aliphatic rings. The Morgan fingerprint density at radius 2 is 1.47 bits per heavy atom. The molecule has 17 heavy (non-hydrogen) atoms. The molecule has 1 N–H and O–H groups in total. The zero-order valence-electron chi connectivity index (χ0n) is 11.6.